The van der Waals surface area contributed by atoms with Crippen LogP contribution >= 0.6 is 11.3 Å². The van der Waals surface area contributed by atoms with Gasteiger partial charge in [0.25, 0.3) is 0 Å². The molecule has 0 radical (unpaired) electrons. The third-order valence-electron chi connectivity index (χ3n) is 3.22. The molecule has 0 bridgehead atoms. The Morgan fingerprint density at radius 2 is 2.06 bits per heavy atom. The van der Waals surface area contributed by atoms with E-state index in [1.807, 2.05) is 11.3 Å². The molecule has 0 atom stereocenters. The first-order valence-electron chi connectivity index (χ1n) is 6.64. The standard InChI is InChI=1S/C15H18N2S/c1-2-16-10-13-14(11-6-4-3-5-7-11)17-15(18-13)12-8-9-12/h3-7,12,16H,2,8-10H2,1H3. The van der Waals surface area contributed by atoms with Gasteiger partial charge < -0.3 is 5.32 Å². The van der Waals surface area contributed by atoms with E-state index >= 15 is 0 Å². The van der Waals surface area contributed by atoms with Crippen LogP contribution in [0.3, 0.4) is 0 Å². The van der Waals surface area contributed by atoms with Gasteiger partial charge in [-0.05, 0) is 19.4 Å². The molecule has 18 heavy (non-hydrogen) atoms. The summed E-state index contributed by atoms with van der Waals surface area (Å²) >= 11 is 1.89. The van der Waals surface area contributed by atoms with Crippen LogP contribution in [0.5, 0.6) is 0 Å². The molecule has 1 heterocycles. The number of rotatable bonds is 5. The van der Waals surface area contributed by atoms with Crippen LogP contribution in [-0.4, -0.2) is 11.5 Å². The minimum atomic E-state index is 0.743. The molecule has 94 valence electrons. The minimum Gasteiger partial charge on any atom is -0.312 e. The van der Waals surface area contributed by atoms with Gasteiger partial charge in [0.1, 0.15) is 0 Å². The number of aromatic nitrogens is 1. The molecule has 1 aromatic heterocycles. The summed E-state index contributed by atoms with van der Waals surface area (Å²) < 4.78 is 0. The highest BCUT2D eigenvalue weighted by atomic mass is 32.1. The van der Waals surface area contributed by atoms with Gasteiger partial charge in [0.15, 0.2) is 0 Å². The minimum absolute atomic E-state index is 0.743. The van der Waals surface area contributed by atoms with Gasteiger partial charge in [-0.2, -0.15) is 0 Å². The summed E-state index contributed by atoms with van der Waals surface area (Å²) in [5.74, 6) is 0.743. The van der Waals surface area contributed by atoms with Gasteiger partial charge in [-0.1, -0.05) is 37.3 Å². The van der Waals surface area contributed by atoms with Crippen molar-refractivity contribution in [3.8, 4) is 11.3 Å². The van der Waals surface area contributed by atoms with Crippen molar-refractivity contribution in [1.29, 1.82) is 0 Å². The first-order chi connectivity index (χ1) is 8.88. The molecule has 0 amide bonds. The van der Waals surface area contributed by atoms with Crippen molar-refractivity contribution in [2.24, 2.45) is 0 Å². The molecule has 1 aliphatic carbocycles. The predicted molar refractivity (Wildman–Crippen MR) is 76.9 cm³/mol. The van der Waals surface area contributed by atoms with Crippen LogP contribution in [0.2, 0.25) is 0 Å². The van der Waals surface area contributed by atoms with Crippen LogP contribution in [0.25, 0.3) is 11.3 Å². The second-order valence-corrected chi connectivity index (χ2v) is 5.86. The SMILES string of the molecule is CCNCc1sc(C2CC2)nc1-c1ccccc1. The molecule has 1 N–H and O–H groups in total. The van der Waals surface area contributed by atoms with Crippen molar-refractivity contribution >= 4 is 11.3 Å². The molecule has 0 saturated heterocycles. The van der Waals surface area contributed by atoms with E-state index in [9.17, 15) is 0 Å². The average Bonchev–Trinajstić information content (AvgIpc) is 3.18. The molecule has 2 nitrogen and oxygen atoms in total. The fraction of sp³-hybridized carbons (Fsp3) is 0.400. The Labute approximate surface area is 112 Å². The summed E-state index contributed by atoms with van der Waals surface area (Å²) in [5, 5.41) is 4.75. The Kier molecular flexibility index (Phi) is 3.43. The number of thiazole rings is 1. The second-order valence-electron chi connectivity index (χ2n) is 4.74. The number of nitrogens with zero attached hydrogens (tertiary/aromatic N) is 1. The van der Waals surface area contributed by atoms with Crippen LogP contribution in [0.4, 0.5) is 0 Å². The fourth-order valence-electron chi connectivity index (χ4n) is 2.05. The smallest absolute Gasteiger partial charge is 0.0966 e. The lowest BCUT2D eigenvalue weighted by Crippen LogP contribution is -2.11. The zero-order chi connectivity index (χ0) is 12.4. The normalized spacial score (nSPS) is 14.9. The van der Waals surface area contributed by atoms with Crippen LogP contribution in [0, 0.1) is 0 Å². The first-order valence-corrected chi connectivity index (χ1v) is 7.46. The van der Waals surface area contributed by atoms with E-state index < -0.39 is 0 Å². The maximum atomic E-state index is 4.87. The third kappa shape index (κ3) is 2.47. The molecule has 1 aromatic carbocycles. The summed E-state index contributed by atoms with van der Waals surface area (Å²) in [6.07, 6.45) is 2.64. The molecule has 0 spiro atoms. The van der Waals surface area contributed by atoms with Crippen molar-refractivity contribution in [2.75, 3.05) is 6.54 Å². The maximum absolute atomic E-state index is 4.87. The Hall–Kier alpha value is -1.19. The van der Waals surface area contributed by atoms with Crippen molar-refractivity contribution in [3.63, 3.8) is 0 Å². The molecule has 1 fully saturated rings. The average molecular weight is 258 g/mol. The van der Waals surface area contributed by atoms with Gasteiger partial charge in [0, 0.05) is 22.9 Å². The van der Waals surface area contributed by atoms with Gasteiger partial charge in [-0.25, -0.2) is 4.98 Å². The lowest BCUT2D eigenvalue weighted by Gasteiger charge is -2.02. The number of hydrogen-bond acceptors (Lipinski definition) is 3. The Bertz CT molecular complexity index is 515. The summed E-state index contributed by atoms with van der Waals surface area (Å²) in [6.45, 7) is 4.08. The quantitative estimate of drug-likeness (QED) is 0.882. The molecule has 2 aromatic rings. The van der Waals surface area contributed by atoms with Gasteiger partial charge in [0.05, 0.1) is 10.7 Å². The Balaban J connectivity index is 1.95. The Morgan fingerprint density at radius 1 is 1.28 bits per heavy atom. The molecule has 3 rings (SSSR count). The highest BCUT2D eigenvalue weighted by Gasteiger charge is 2.28. The fourth-order valence-corrected chi connectivity index (χ4v) is 3.28. The van der Waals surface area contributed by atoms with E-state index in [0.29, 0.717) is 0 Å². The number of nitrogens with one attached hydrogen (secondary N) is 1. The maximum Gasteiger partial charge on any atom is 0.0966 e. The van der Waals surface area contributed by atoms with Crippen molar-refractivity contribution in [3.05, 3.63) is 40.2 Å². The molecule has 0 aliphatic heterocycles. The summed E-state index contributed by atoms with van der Waals surface area (Å²) in [4.78, 5) is 6.25. The van der Waals surface area contributed by atoms with E-state index in [2.05, 4.69) is 42.6 Å². The molecular formula is C15H18N2S. The number of hydrogen-bond donors (Lipinski definition) is 1. The van der Waals surface area contributed by atoms with Gasteiger partial charge >= 0.3 is 0 Å². The highest BCUT2D eigenvalue weighted by Crippen LogP contribution is 2.44. The summed E-state index contributed by atoms with van der Waals surface area (Å²) in [6, 6.07) is 10.5. The van der Waals surface area contributed by atoms with Gasteiger partial charge in [-0.3, -0.25) is 0 Å². The first kappa shape index (κ1) is 11.9. The molecule has 0 unspecified atom stereocenters. The lowest BCUT2D eigenvalue weighted by molar-refractivity contribution is 0.735. The summed E-state index contributed by atoms with van der Waals surface area (Å²) in [5.41, 5.74) is 2.43. The molecule has 1 aliphatic rings. The molecule has 1 saturated carbocycles. The van der Waals surface area contributed by atoms with E-state index in [1.54, 1.807) is 0 Å². The van der Waals surface area contributed by atoms with Crippen LogP contribution in [-0.2, 0) is 6.54 Å². The van der Waals surface area contributed by atoms with E-state index in [4.69, 9.17) is 4.98 Å². The Morgan fingerprint density at radius 3 is 2.72 bits per heavy atom. The zero-order valence-electron chi connectivity index (χ0n) is 10.6. The number of benzene rings is 1. The highest BCUT2D eigenvalue weighted by molar-refractivity contribution is 7.12. The van der Waals surface area contributed by atoms with Crippen LogP contribution < -0.4 is 5.32 Å². The third-order valence-corrected chi connectivity index (χ3v) is 4.44. The van der Waals surface area contributed by atoms with Crippen molar-refractivity contribution < 1.29 is 0 Å². The lowest BCUT2D eigenvalue weighted by atomic mass is 10.1. The summed E-state index contributed by atoms with van der Waals surface area (Å²) in [7, 11) is 0. The molecular weight excluding hydrogens is 240 g/mol. The van der Waals surface area contributed by atoms with Crippen LogP contribution in [0.1, 0.15) is 35.6 Å². The van der Waals surface area contributed by atoms with E-state index in [-0.39, 0.29) is 0 Å². The monoisotopic (exact) mass is 258 g/mol. The second kappa shape index (κ2) is 5.21. The van der Waals surface area contributed by atoms with Gasteiger partial charge in [-0.15, -0.1) is 11.3 Å². The van der Waals surface area contributed by atoms with Gasteiger partial charge in [0.2, 0.25) is 0 Å². The zero-order valence-corrected chi connectivity index (χ0v) is 11.5. The van der Waals surface area contributed by atoms with Crippen LogP contribution in [0.15, 0.2) is 30.3 Å². The van der Waals surface area contributed by atoms with E-state index in [0.717, 1.165) is 19.0 Å². The molecule has 3 heteroatoms. The topological polar surface area (TPSA) is 24.9 Å². The van der Waals surface area contributed by atoms with E-state index in [1.165, 1.54) is 34.0 Å². The van der Waals surface area contributed by atoms with Crippen molar-refractivity contribution in [1.82, 2.24) is 10.3 Å². The largest absolute Gasteiger partial charge is 0.312 e. The van der Waals surface area contributed by atoms with Crippen molar-refractivity contribution in [2.45, 2.75) is 32.2 Å². The predicted octanol–water partition coefficient (Wildman–Crippen LogP) is 3.80.